The molecule has 0 saturated carbocycles. The lowest BCUT2D eigenvalue weighted by molar-refractivity contribution is -0.142. The summed E-state index contributed by atoms with van der Waals surface area (Å²) in [4.78, 5) is 19.9. The minimum Gasteiger partial charge on any atom is -0.482 e. The van der Waals surface area contributed by atoms with Crippen molar-refractivity contribution in [3.05, 3.63) is 45.9 Å². The Balaban J connectivity index is 1.19. The van der Waals surface area contributed by atoms with Crippen LogP contribution in [0.2, 0.25) is 0 Å². The summed E-state index contributed by atoms with van der Waals surface area (Å²) in [6.45, 7) is 1.40. The Morgan fingerprint density at radius 1 is 1.09 bits per heavy atom. The van der Waals surface area contributed by atoms with E-state index >= 15 is 0 Å². The van der Waals surface area contributed by atoms with Crippen molar-refractivity contribution in [2.45, 2.75) is 50.7 Å². The molecule has 34 heavy (non-hydrogen) atoms. The van der Waals surface area contributed by atoms with Crippen LogP contribution in [0.3, 0.4) is 0 Å². The number of hydrogen-bond acceptors (Lipinski definition) is 6. The Hall–Kier alpha value is -2.89. The molecule has 0 amide bonds. The number of ether oxygens (including phenoxy) is 2. The minimum atomic E-state index is -4.25. The first-order valence-electron chi connectivity index (χ1n) is 11.1. The van der Waals surface area contributed by atoms with E-state index in [1.807, 2.05) is 0 Å². The molecule has 0 radical (unpaired) electrons. The second-order valence-electron chi connectivity index (χ2n) is 8.88. The number of alkyl halides is 3. The maximum Gasteiger partial charge on any atom is 0.390 e. The first kappa shape index (κ1) is 22.9. The number of rotatable bonds is 7. The topological polar surface area (TPSA) is 59.8 Å². The highest BCUT2D eigenvalue weighted by atomic mass is 19.4. The molecular weight excluding hydrogens is 463 g/mol. The maximum absolute atomic E-state index is 14.5. The summed E-state index contributed by atoms with van der Waals surface area (Å²) in [5.41, 5.74) is -0.239. The Kier molecular flexibility index (Phi) is 5.86. The standard InChI is InChI=1S/C22H23F5N4O3/c23-16-6-13(7-17(24)20(16)34-15-10-29(11-15)5-3-22(25,26)27)12-33-18-8-19-30-4-1-2-14(30)9-31(19)21(32)28-18/h6-8,14-15H,1-5,9-12H2/t14-/m1/s1. The summed E-state index contributed by atoms with van der Waals surface area (Å²) < 4.78 is 78.3. The molecule has 5 rings (SSSR count). The van der Waals surface area contributed by atoms with Gasteiger partial charge in [-0.1, -0.05) is 0 Å². The van der Waals surface area contributed by atoms with Crippen molar-refractivity contribution in [2.75, 3.05) is 31.1 Å². The zero-order chi connectivity index (χ0) is 24.0. The zero-order valence-corrected chi connectivity index (χ0v) is 18.2. The van der Waals surface area contributed by atoms with E-state index in [0.717, 1.165) is 37.3 Å². The first-order valence-corrected chi connectivity index (χ1v) is 11.1. The van der Waals surface area contributed by atoms with Gasteiger partial charge >= 0.3 is 11.9 Å². The maximum atomic E-state index is 14.5. The van der Waals surface area contributed by atoms with Gasteiger partial charge in [0.15, 0.2) is 17.4 Å². The molecule has 0 bridgehead atoms. The van der Waals surface area contributed by atoms with E-state index in [0.29, 0.717) is 6.54 Å². The molecule has 0 N–H and O–H groups in total. The predicted octanol–water partition coefficient (Wildman–Crippen LogP) is 3.10. The molecule has 2 saturated heterocycles. The van der Waals surface area contributed by atoms with Crippen molar-refractivity contribution in [3.63, 3.8) is 0 Å². The quantitative estimate of drug-likeness (QED) is 0.561. The van der Waals surface area contributed by atoms with Crippen LogP contribution in [0.4, 0.5) is 27.8 Å². The average Bonchev–Trinajstić information content (AvgIpc) is 3.31. The van der Waals surface area contributed by atoms with Crippen LogP contribution < -0.4 is 20.1 Å². The second-order valence-corrected chi connectivity index (χ2v) is 8.88. The van der Waals surface area contributed by atoms with Crippen molar-refractivity contribution in [1.82, 2.24) is 14.5 Å². The number of hydrogen-bond donors (Lipinski definition) is 0. The van der Waals surface area contributed by atoms with E-state index in [4.69, 9.17) is 9.47 Å². The van der Waals surface area contributed by atoms with Crippen molar-refractivity contribution in [2.24, 2.45) is 0 Å². The van der Waals surface area contributed by atoms with Crippen LogP contribution in [-0.2, 0) is 13.2 Å². The molecule has 184 valence electrons. The summed E-state index contributed by atoms with van der Waals surface area (Å²) in [6.07, 6.45) is -3.71. The fourth-order valence-corrected chi connectivity index (χ4v) is 4.69. The molecule has 0 spiro atoms. The molecule has 2 fully saturated rings. The predicted molar refractivity (Wildman–Crippen MR) is 111 cm³/mol. The van der Waals surface area contributed by atoms with E-state index in [-0.39, 0.29) is 43.7 Å². The van der Waals surface area contributed by atoms with Gasteiger partial charge in [-0.25, -0.2) is 13.6 Å². The number of fused-ring (bicyclic) bond motifs is 3. The van der Waals surface area contributed by atoms with Crippen molar-refractivity contribution in [3.8, 4) is 11.6 Å². The van der Waals surface area contributed by atoms with Crippen LogP contribution in [0.15, 0.2) is 23.0 Å². The normalized spacial score (nSPS) is 20.3. The van der Waals surface area contributed by atoms with Gasteiger partial charge < -0.3 is 14.4 Å². The lowest BCUT2D eigenvalue weighted by Gasteiger charge is -2.39. The first-order chi connectivity index (χ1) is 16.2. The minimum absolute atomic E-state index is 0.0818. The lowest BCUT2D eigenvalue weighted by Crippen LogP contribution is -2.54. The van der Waals surface area contributed by atoms with Gasteiger partial charge in [0.05, 0.1) is 6.42 Å². The summed E-state index contributed by atoms with van der Waals surface area (Å²) in [6, 6.07) is 4.08. The van der Waals surface area contributed by atoms with E-state index in [2.05, 4.69) is 9.88 Å². The number of halogens is 5. The largest absolute Gasteiger partial charge is 0.482 e. The fraction of sp³-hybridized carbons (Fsp3) is 0.545. The molecule has 1 aromatic carbocycles. The highest BCUT2D eigenvalue weighted by Crippen LogP contribution is 2.33. The SMILES string of the molecule is O=c1nc(OCc2cc(F)c(OC3CN(CCC(F)(F)F)C3)c(F)c2)cc2n1C[C@H]1CCCN21. The van der Waals surface area contributed by atoms with Crippen LogP contribution in [0.25, 0.3) is 0 Å². The van der Waals surface area contributed by atoms with Gasteiger partial charge in [0.2, 0.25) is 5.88 Å². The molecule has 0 aliphatic carbocycles. The molecule has 3 aliphatic heterocycles. The Morgan fingerprint density at radius 2 is 1.82 bits per heavy atom. The van der Waals surface area contributed by atoms with Gasteiger partial charge in [-0.15, -0.1) is 0 Å². The molecule has 2 aromatic rings. The number of aromatic nitrogens is 2. The monoisotopic (exact) mass is 486 g/mol. The molecule has 4 heterocycles. The van der Waals surface area contributed by atoms with Gasteiger partial charge in [0.25, 0.3) is 0 Å². The number of nitrogens with zero attached hydrogens (tertiary/aromatic N) is 4. The van der Waals surface area contributed by atoms with Crippen LogP contribution >= 0.6 is 0 Å². The summed E-state index contributed by atoms with van der Waals surface area (Å²) in [7, 11) is 0. The molecular formula is C22H23F5N4O3. The second kappa shape index (κ2) is 8.71. The third-order valence-corrected chi connectivity index (χ3v) is 6.40. The Morgan fingerprint density at radius 3 is 2.53 bits per heavy atom. The van der Waals surface area contributed by atoms with E-state index < -0.39 is 41.8 Å². The van der Waals surface area contributed by atoms with Crippen LogP contribution in [0.5, 0.6) is 11.6 Å². The number of benzene rings is 1. The third kappa shape index (κ3) is 4.68. The van der Waals surface area contributed by atoms with Crippen LogP contribution in [-0.4, -0.2) is 59.0 Å². The van der Waals surface area contributed by atoms with Gasteiger partial charge in [-0.3, -0.25) is 9.47 Å². The molecule has 1 aromatic heterocycles. The molecule has 0 unspecified atom stereocenters. The van der Waals surface area contributed by atoms with E-state index in [9.17, 15) is 26.7 Å². The van der Waals surface area contributed by atoms with E-state index in [1.165, 1.54) is 4.90 Å². The molecule has 1 atom stereocenters. The highest BCUT2D eigenvalue weighted by Gasteiger charge is 2.35. The Labute approximate surface area is 191 Å². The van der Waals surface area contributed by atoms with Crippen LogP contribution in [0.1, 0.15) is 24.8 Å². The summed E-state index contributed by atoms with van der Waals surface area (Å²) >= 11 is 0. The smallest absolute Gasteiger partial charge is 0.390 e. The van der Waals surface area contributed by atoms with Gasteiger partial charge in [-0.2, -0.15) is 18.2 Å². The van der Waals surface area contributed by atoms with Crippen LogP contribution in [0, 0.1) is 11.6 Å². The molecule has 3 aliphatic rings. The van der Waals surface area contributed by atoms with E-state index in [1.54, 1.807) is 10.6 Å². The van der Waals surface area contributed by atoms with Gasteiger partial charge in [0, 0.05) is 44.8 Å². The van der Waals surface area contributed by atoms with Crippen molar-refractivity contribution < 1.29 is 31.4 Å². The highest BCUT2D eigenvalue weighted by molar-refractivity contribution is 5.48. The van der Waals surface area contributed by atoms with Gasteiger partial charge in [0.1, 0.15) is 18.5 Å². The third-order valence-electron chi connectivity index (χ3n) is 6.40. The summed E-state index contributed by atoms with van der Waals surface area (Å²) in [5, 5.41) is 0. The van der Waals surface area contributed by atoms with Gasteiger partial charge in [-0.05, 0) is 30.5 Å². The van der Waals surface area contributed by atoms with Crippen molar-refractivity contribution >= 4 is 5.82 Å². The molecule has 7 nitrogen and oxygen atoms in total. The zero-order valence-electron chi connectivity index (χ0n) is 18.2. The summed E-state index contributed by atoms with van der Waals surface area (Å²) in [5.74, 6) is -1.62. The Bertz CT molecular complexity index is 1110. The van der Waals surface area contributed by atoms with Crippen molar-refractivity contribution in [1.29, 1.82) is 0 Å². The number of anilines is 1. The average molecular weight is 486 g/mol. The fourth-order valence-electron chi connectivity index (χ4n) is 4.69. The lowest BCUT2D eigenvalue weighted by atomic mass is 10.1. The molecule has 12 heteroatoms. The number of likely N-dealkylation sites (tertiary alicyclic amines) is 1.